The standard InChI is InChI=1S/C40H25N3S/c1-4-12-26(13-5-1)37-39-38(42-40(41-37)27-14-6-2-7-15-27)33-25-29(21-23-36(33)44-39)28-20-22-35-32(24-28)31-18-10-11-19-34(31)43(35)30-16-8-3-9-17-30/h1-25H. The number of fused-ring (bicyclic) bond motifs is 6. The lowest BCUT2D eigenvalue weighted by Crippen LogP contribution is -1.93. The summed E-state index contributed by atoms with van der Waals surface area (Å²) >= 11 is 1.77. The number of para-hydroxylation sites is 2. The fourth-order valence-corrected chi connectivity index (χ4v) is 7.47. The molecule has 0 saturated carbocycles. The van der Waals surface area contributed by atoms with Crippen molar-refractivity contribution in [1.29, 1.82) is 0 Å². The summed E-state index contributed by atoms with van der Waals surface area (Å²) in [5, 5.41) is 3.66. The van der Waals surface area contributed by atoms with Crippen molar-refractivity contribution in [3.63, 3.8) is 0 Å². The second-order valence-electron chi connectivity index (χ2n) is 11.0. The predicted molar refractivity (Wildman–Crippen MR) is 186 cm³/mol. The molecule has 206 valence electrons. The summed E-state index contributed by atoms with van der Waals surface area (Å²) in [4.78, 5) is 10.3. The van der Waals surface area contributed by atoms with Crippen molar-refractivity contribution in [2.45, 2.75) is 0 Å². The van der Waals surface area contributed by atoms with Crippen LogP contribution in [0.2, 0.25) is 0 Å². The summed E-state index contributed by atoms with van der Waals surface area (Å²) in [6.07, 6.45) is 0. The van der Waals surface area contributed by atoms with Crippen LogP contribution in [0.4, 0.5) is 0 Å². The molecule has 0 bridgehead atoms. The molecular weight excluding hydrogens is 555 g/mol. The zero-order valence-corrected chi connectivity index (χ0v) is 24.5. The highest BCUT2D eigenvalue weighted by atomic mass is 32.1. The summed E-state index contributed by atoms with van der Waals surface area (Å²) < 4.78 is 4.68. The molecule has 0 aliphatic rings. The van der Waals surface area contributed by atoms with Crippen molar-refractivity contribution >= 4 is 53.4 Å². The van der Waals surface area contributed by atoms with Crippen molar-refractivity contribution in [2.75, 3.05) is 0 Å². The Kier molecular flexibility index (Phi) is 5.68. The highest BCUT2D eigenvalue weighted by Crippen LogP contribution is 2.41. The maximum atomic E-state index is 5.18. The van der Waals surface area contributed by atoms with Crippen LogP contribution in [0.1, 0.15) is 0 Å². The largest absolute Gasteiger partial charge is 0.309 e. The van der Waals surface area contributed by atoms with E-state index >= 15 is 0 Å². The van der Waals surface area contributed by atoms with Crippen LogP contribution >= 0.6 is 11.3 Å². The molecule has 0 saturated heterocycles. The molecule has 0 spiro atoms. The number of aromatic nitrogens is 3. The lowest BCUT2D eigenvalue weighted by molar-refractivity contribution is 1.18. The Morgan fingerprint density at radius 2 is 1.07 bits per heavy atom. The van der Waals surface area contributed by atoms with Gasteiger partial charge in [-0.05, 0) is 53.6 Å². The van der Waals surface area contributed by atoms with Crippen molar-refractivity contribution in [2.24, 2.45) is 0 Å². The third kappa shape index (κ3) is 3.96. The van der Waals surface area contributed by atoms with E-state index in [0.29, 0.717) is 0 Å². The lowest BCUT2D eigenvalue weighted by atomic mass is 10.0. The van der Waals surface area contributed by atoms with Gasteiger partial charge in [0.2, 0.25) is 0 Å². The molecule has 0 unspecified atom stereocenters. The van der Waals surface area contributed by atoms with E-state index in [2.05, 4.69) is 132 Å². The number of thiophene rings is 1. The Morgan fingerprint density at radius 1 is 0.455 bits per heavy atom. The molecule has 3 nitrogen and oxygen atoms in total. The van der Waals surface area contributed by atoms with Gasteiger partial charge in [0.05, 0.1) is 26.9 Å². The van der Waals surface area contributed by atoms with E-state index in [1.807, 2.05) is 24.3 Å². The number of benzene rings is 6. The zero-order chi connectivity index (χ0) is 29.0. The summed E-state index contributed by atoms with van der Waals surface area (Å²) in [5.74, 6) is 0.747. The third-order valence-corrected chi connectivity index (χ3v) is 9.58. The van der Waals surface area contributed by atoms with Crippen LogP contribution < -0.4 is 0 Å². The van der Waals surface area contributed by atoms with Crippen LogP contribution in [0, 0.1) is 0 Å². The Labute approximate surface area is 258 Å². The Balaban J connectivity index is 1.26. The van der Waals surface area contributed by atoms with Gasteiger partial charge in [0.1, 0.15) is 0 Å². The van der Waals surface area contributed by atoms with E-state index in [-0.39, 0.29) is 0 Å². The minimum atomic E-state index is 0.747. The first-order valence-corrected chi connectivity index (χ1v) is 15.6. The van der Waals surface area contributed by atoms with Gasteiger partial charge in [0, 0.05) is 37.7 Å². The summed E-state index contributed by atoms with van der Waals surface area (Å²) in [6.45, 7) is 0. The molecule has 0 N–H and O–H groups in total. The summed E-state index contributed by atoms with van der Waals surface area (Å²) in [5.41, 5.74) is 10.0. The first-order valence-electron chi connectivity index (χ1n) is 14.8. The van der Waals surface area contributed by atoms with E-state index in [0.717, 1.165) is 38.2 Å². The first-order chi connectivity index (χ1) is 21.8. The average Bonchev–Trinajstić information content (AvgIpc) is 3.64. The van der Waals surface area contributed by atoms with Crippen molar-refractivity contribution in [1.82, 2.24) is 14.5 Å². The fraction of sp³-hybridized carbons (Fsp3) is 0. The number of rotatable bonds is 4. The maximum absolute atomic E-state index is 5.18. The van der Waals surface area contributed by atoms with Crippen LogP contribution in [0.15, 0.2) is 152 Å². The van der Waals surface area contributed by atoms with Gasteiger partial charge < -0.3 is 4.57 Å². The first kappa shape index (κ1) is 25.0. The van der Waals surface area contributed by atoms with Crippen LogP contribution in [-0.2, 0) is 0 Å². The molecule has 9 aromatic rings. The van der Waals surface area contributed by atoms with Crippen molar-refractivity contribution < 1.29 is 0 Å². The molecule has 0 aliphatic heterocycles. The van der Waals surface area contributed by atoms with E-state index in [1.54, 1.807) is 11.3 Å². The van der Waals surface area contributed by atoms with Crippen molar-refractivity contribution in [3.05, 3.63) is 152 Å². The van der Waals surface area contributed by atoms with E-state index < -0.39 is 0 Å². The Bertz CT molecular complexity index is 2480. The van der Waals surface area contributed by atoms with E-state index in [9.17, 15) is 0 Å². The van der Waals surface area contributed by atoms with Gasteiger partial charge in [0.15, 0.2) is 5.82 Å². The van der Waals surface area contributed by atoms with Gasteiger partial charge in [0.25, 0.3) is 0 Å². The zero-order valence-electron chi connectivity index (χ0n) is 23.7. The van der Waals surface area contributed by atoms with Crippen LogP contribution in [0.5, 0.6) is 0 Å². The molecule has 9 rings (SSSR count). The number of hydrogen-bond donors (Lipinski definition) is 0. The van der Waals surface area contributed by atoms with E-state index in [1.165, 1.54) is 43.3 Å². The molecular formula is C40H25N3S. The predicted octanol–water partition coefficient (Wildman–Crippen LogP) is 10.9. The van der Waals surface area contributed by atoms with Gasteiger partial charge in [-0.25, -0.2) is 9.97 Å². The molecule has 0 amide bonds. The van der Waals surface area contributed by atoms with Crippen LogP contribution in [-0.4, -0.2) is 14.5 Å². The number of hydrogen-bond acceptors (Lipinski definition) is 3. The maximum Gasteiger partial charge on any atom is 0.160 e. The molecule has 4 heteroatoms. The molecule has 0 atom stereocenters. The van der Waals surface area contributed by atoms with Gasteiger partial charge in [-0.3, -0.25) is 0 Å². The molecule has 3 heterocycles. The third-order valence-electron chi connectivity index (χ3n) is 8.41. The molecule has 0 aliphatic carbocycles. The molecule has 6 aromatic carbocycles. The van der Waals surface area contributed by atoms with Crippen molar-refractivity contribution in [3.8, 4) is 39.5 Å². The van der Waals surface area contributed by atoms with Gasteiger partial charge in [-0.1, -0.05) is 109 Å². The highest BCUT2D eigenvalue weighted by Gasteiger charge is 2.18. The molecule has 44 heavy (non-hydrogen) atoms. The smallest absolute Gasteiger partial charge is 0.160 e. The lowest BCUT2D eigenvalue weighted by Gasteiger charge is -2.08. The van der Waals surface area contributed by atoms with Gasteiger partial charge in [-0.15, -0.1) is 11.3 Å². The monoisotopic (exact) mass is 579 g/mol. The summed E-state index contributed by atoms with van der Waals surface area (Å²) in [7, 11) is 0. The molecule has 3 aromatic heterocycles. The van der Waals surface area contributed by atoms with Crippen LogP contribution in [0.25, 0.3) is 81.6 Å². The second-order valence-corrected chi connectivity index (χ2v) is 12.1. The normalized spacial score (nSPS) is 11.6. The topological polar surface area (TPSA) is 30.7 Å². The van der Waals surface area contributed by atoms with Gasteiger partial charge in [-0.2, -0.15) is 0 Å². The Morgan fingerprint density at radius 3 is 1.84 bits per heavy atom. The highest BCUT2D eigenvalue weighted by molar-refractivity contribution is 7.26. The molecule has 0 radical (unpaired) electrons. The average molecular weight is 580 g/mol. The summed E-state index contributed by atoms with van der Waals surface area (Å²) in [6, 6.07) is 53.6. The SMILES string of the molecule is c1ccc(-c2nc(-c3ccccc3)c3sc4ccc(-c5ccc6c(c5)c5ccccc5n6-c5ccccc5)cc4c3n2)cc1. The van der Waals surface area contributed by atoms with E-state index in [4.69, 9.17) is 9.97 Å². The van der Waals surface area contributed by atoms with Gasteiger partial charge >= 0.3 is 0 Å². The number of nitrogens with zero attached hydrogens (tertiary/aromatic N) is 3. The minimum Gasteiger partial charge on any atom is -0.309 e. The van der Waals surface area contributed by atoms with Crippen LogP contribution in [0.3, 0.4) is 0 Å². The molecule has 0 fully saturated rings. The quantitative estimate of drug-likeness (QED) is 0.208. The fourth-order valence-electron chi connectivity index (χ4n) is 6.34. The minimum absolute atomic E-state index is 0.747. The second kappa shape index (κ2) is 10.0. The Hall–Kier alpha value is -5.58.